The number of carbonyl (C=O) groups excluding carboxylic acids is 1. The van der Waals surface area contributed by atoms with Gasteiger partial charge in [0.1, 0.15) is 6.10 Å². The SMILES string of the molecule is O=C(/C=C\c1ccc(O)c(O)c1)OC1(C(=O)O)CC(O)C(O)C(O)C1. The maximum absolute atomic E-state index is 11.9. The summed E-state index contributed by atoms with van der Waals surface area (Å²) in [6, 6.07) is 3.78. The monoisotopic (exact) mass is 354 g/mol. The average molecular weight is 354 g/mol. The number of rotatable bonds is 4. The molecule has 0 amide bonds. The molecule has 9 heteroatoms. The number of aliphatic carboxylic acids is 1. The number of hydrogen-bond donors (Lipinski definition) is 6. The van der Waals surface area contributed by atoms with E-state index in [0.29, 0.717) is 5.56 Å². The Hall–Kier alpha value is -2.62. The third-order valence-electron chi connectivity index (χ3n) is 3.96. The number of benzene rings is 1. The van der Waals surface area contributed by atoms with Gasteiger partial charge in [-0.25, -0.2) is 9.59 Å². The van der Waals surface area contributed by atoms with Gasteiger partial charge in [-0.05, 0) is 23.8 Å². The Balaban J connectivity index is 2.14. The zero-order chi connectivity index (χ0) is 18.8. The summed E-state index contributed by atoms with van der Waals surface area (Å²) in [7, 11) is 0. The van der Waals surface area contributed by atoms with E-state index in [0.717, 1.165) is 6.08 Å². The van der Waals surface area contributed by atoms with Gasteiger partial charge >= 0.3 is 11.9 Å². The van der Waals surface area contributed by atoms with Crippen LogP contribution in [-0.4, -0.2) is 66.5 Å². The molecule has 0 radical (unpaired) electrons. The Kier molecular flexibility index (Phi) is 5.31. The lowest BCUT2D eigenvalue weighted by Gasteiger charge is -2.39. The number of aliphatic hydroxyl groups is 3. The Labute approximate surface area is 142 Å². The number of ether oxygens (including phenoxy) is 1. The van der Waals surface area contributed by atoms with Gasteiger partial charge in [0.25, 0.3) is 0 Å². The van der Waals surface area contributed by atoms with Crippen molar-refractivity contribution >= 4 is 18.0 Å². The highest BCUT2D eigenvalue weighted by Crippen LogP contribution is 2.33. The number of phenols is 2. The van der Waals surface area contributed by atoms with E-state index in [-0.39, 0.29) is 5.75 Å². The largest absolute Gasteiger partial charge is 0.504 e. The zero-order valence-electron chi connectivity index (χ0n) is 12.9. The molecule has 1 aromatic rings. The summed E-state index contributed by atoms with van der Waals surface area (Å²) in [5, 5.41) is 56.8. The van der Waals surface area contributed by atoms with Gasteiger partial charge in [0, 0.05) is 18.9 Å². The van der Waals surface area contributed by atoms with Crippen molar-refractivity contribution in [2.75, 3.05) is 0 Å². The van der Waals surface area contributed by atoms with Gasteiger partial charge in [0.15, 0.2) is 11.5 Å². The van der Waals surface area contributed by atoms with Crippen LogP contribution in [0.5, 0.6) is 11.5 Å². The van der Waals surface area contributed by atoms with E-state index in [1.165, 1.54) is 24.3 Å². The molecule has 0 spiro atoms. The first-order valence-corrected chi connectivity index (χ1v) is 7.35. The van der Waals surface area contributed by atoms with Gasteiger partial charge in [0.05, 0.1) is 12.2 Å². The minimum absolute atomic E-state index is 0.340. The summed E-state index contributed by atoms with van der Waals surface area (Å²) >= 11 is 0. The molecule has 1 aliphatic carbocycles. The lowest BCUT2D eigenvalue weighted by Crippen LogP contribution is -2.57. The van der Waals surface area contributed by atoms with Gasteiger partial charge in [-0.15, -0.1) is 0 Å². The molecule has 6 N–H and O–H groups in total. The van der Waals surface area contributed by atoms with Crippen molar-refractivity contribution in [2.45, 2.75) is 36.8 Å². The highest BCUT2D eigenvalue weighted by molar-refractivity contribution is 5.90. The fourth-order valence-corrected chi connectivity index (χ4v) is 2.59. The van der Waals surface area contributed by atoms with E-state index in [1.54, 1.807) is 0 Å². The second-order valence-electron chi connectivity index (χ2n) is 5.84. The second-order valence-corrected chi connectivity index (χ2v) is 5.84. The third kappa shape index (κ3) is 4.08. The minimum atomic E-state index is -2.17. The predicted molar refractivity (Wildman–Crippen MR) is 82.5 cm³/mol. The van der Waals surface area contributed by atoms with Crippen LogP contribution in [-0.2, 0) is 14.3 Å². The fraction of sp³-hybridized carbons (Fsp3) is 0.375. The molecule has 0 saturated heterocycles. The number of aliphatic hydroxyl groups excluding tert-OH is 3. The number of carboxylic acid groups (broad SMARTS) is 1. The Morgan fingerprint density at radius 2 is 1.68 bits per heavy atom. The van der Waals surface area contributed by atoms with Crippen molar-refractivity contribution in [3.8, 4) is 11.5 Å². The molecule has 25 heavy (non-hydrogen) atoms. The van der Waals surface area contributed by atoms with Crippen molar-refractivity contribution in [3.63, 3.8) is 0 Å². The Morgan fingerprint density at radius 3 is 2.20 bits per heavy atom. The standard InChI is InChI=1S/C16H18O9/c17-9-3-1-8(5-10(9)18)2-4-13(21)25-16(15(23)24)6-11(19)14(22)12(20)7-16/h1-5,11-12,14,17-20,22H,6-7H2,(H,23,24)/b4-2-. The second kappa shape index (κ2) is 7.09. The first kappa shape index (κ1) is 18.7. The molecule has 136 valence electrons. The van der Waals surface area contributed by atoms with E-state index < -0.39 is 54.4 Å². The van der Waals surface area contributed by atoms with E-state index in [2.05, 4.69) is 0 Å². The van der Waals surface area contributed by atoms with Crippen molar-refractivity contribution in [1.82, 2.24) is 0 Å². The van der Waals surface area contributed by atoms with E-state index >= 15 is 0 Å². The maximum atomic E-state index is 11.9. The van der Waals surface area contributed by atoms with E-state index in [1.807, 2.05) is 0 Å². The highest BCUT2D eigenvalue weighted by atomic mass is 16.6. The van der Waals surface area contributed by atoms with Crippen LogP contribution < -0.4 is 0 Å². The van der Waals surface area contributed by atoms with Crippen LogP contribution in [0.15, 0.2) is 24.3 Å². The predicted octanol–water partition coefficient (Wildman–Crippen LogP) is -0.646. The zero-order valence-corrected chi connectivity index (χ0v) is 12.9. The first-order valence-electron chi connectivity index (χ1n) is 7.35. The van der Waals surface area contributed by atoms with Crippen molar-refractivity contribution in [1.29, 1.82) is 0 Å². The van der Waals surface area contributed by atoms with Crippen molar-refractivity contribution in [2.24, 2.45) is 0 Å². The molecule has 0 heterocycles. The summed E-state index contributed by atoms with van der Waals surface area (Å²) in [5.41, 5.74) is -1.83. The van der Waals surface area contributed by atoms with Gasteiger partial charge in [-0.3, -0.25) is 0 Å². The number of hydrogen-bond acceptors (Lipinski definition) is 8. The van der Waals surface area contributed by atoms with Gasteiger partial charge in [-0.1, -0.05) is 6.07 Å². The normalized spacial score (nSPS) is 29.5. The van der Waals surface area contributed by atoms with Crippen molar-refractivity contribution in [3.05, 3.63) is 29.8 Å². The summed E-state index contributed by atoms with van der Waals surface area (Å²) < 4.78 is 4.94. The quantitative estimate of drug-likeness (QED) is 0.234. The summed E-state index contributed by atoms with van der Waals surface area (Å²) in [6.07, 6.45) is -3.67. The molecular formula is C16H18O9. The molecule has 0 bridgehead atoms. The van der Waals surface area contributed by atoms with Crippen LogP contribution in [0.3, 0.4) is 0 Å². The topological polar surface area (TPSA) is 165 Å². The molecular weight excluding hydrogens is 336 g/mol. The Bertz CT molecular complexity index is 685. The lowest BCUT2D eigenvalue weighted by molar-refractivity contribution is -0.201. The maximum Gasteiger partial charge on any atom is 0.348 e. The van der Waals surface area contributed by atoms with Crippen molar-refractivity contribution < 1.29 is 45.0 Å². The van der Waals surface area contributed by atoms with Crippen LogP contribution in [0.4, 0.5) is 0 Å². The smallest absolute Gasteiger partial charge is 0.348 e. The van der Waals surface area contributed by atoms with Crippen LogP contribution >= 0.6 is 0 Å². The van der Waals surface area contributed by atoms with Crippen LogP contribution in [0.1, 0.15) is 18.4 Å². The lowest BCUT2D eigenvalue weighted by atomic mass is 9.79. The number of aromatic hydroxyl groups is 2. The molecule has 0 aliphatic heterocycles. The molecule has 1 aromatic carbocycles. The van der Waals surface area contributed by atoms with Crippen LogP contribution in [0, 0.1) is 0 Å². The van der Waals surface area contributed by atoms with Gasteiger partial charge in [-0.2, -0.15) is 0 Å². The molecule has 2 rings (SSSR count). The van der Waals surface area contributed by atoms with Crippen LogP contribution in [0.2, 0.25) is 0 Å². The van der Waals surface area contributed by atoms with E-state index in [9.17, 15) is 40.2 Å². The Morgan fingerprint density at radius 1 is 1.08 bits per heavy atom. The summed E-state index contributed by atoms with van der Waals surface area (Å²) in [5.74, 6) is -3.34. The highest BCUT2D eigenvalue weighted by Gasteiger charge is 2.52. The third-order valence-corrected chi connectivity index (χ3v) is 3.96. The molecule has 1 saturated carbocycles. The first-order chi connectivity index (χ1) is 11.6. The average Bonchev–Trinajstić information content (AvgIpc) is 2.53. The fourth-order valence-electron chi connectivity index (χ4n) is 2.59. The molecule has 2 atom stereocenters. The number of carboxylic acids is 1. The molecule has 9 nitrogen and oxygen atoms in total. The van der Waals surface area contributed by atoms with E-state index in [4.69, 9.17) is 4.74 Å². The summed E-state index contributed by atoms with van der Waals surface area (Å²) in [4.78, 5) is 23.4. The molecule has 1 aliphatic rings. The molecule has 0 aromatic heterocycles. The number of esters is 1. The molecule has 2 unspecified atom stereocenters. The number of phenolic OH excluding ortho intramolecular Hbond substituents is 2. The molecule has 1 fully saturated rings. The number of carbonyl (C=O) groups is 2. The summed E-state index contributed by atoms with van der Waals surface area (Å²) in [6.45, 7) is 0. The minimum Gasteiger partial charge on any atom is -0.504 e. The van der Waals surface area contributed by atoms with Gasteiger partial charge in [0.2, 0.25) is 5.60 Å². The van der Waals surface area contributed by atoms with Gasteiger partial charge < -0.3 is 35.4 Å². The van der Waals surface area contributed by atoms with Crippen LogP contribution in [0.25, 0.3) is 6.08 Å².